The summed E-state index contributed by atoms with van der Waals surface area (Å²) in [4.78, 5) is 4.05. The van der Waals surface area contributed by atoms with E-state index in [2.05, 4.69) is 29.3 Å². The number of likely N-dealkylation sites (tertiary alicyclic amines) is 1. The van der Waals surface area contributed by atoms with Crippen molar-refractivity contribution in [2.24, 2.45) is 5.73 Å². The summed E-state index contributed by atoms with van der Waals surface area (Å²) in [6.45, 7) is 4.55. The van der Waals surface area contributed by atoms with Crippen LogP contribution in [0.15, 0.2) is 17.5 Å². The fraction of sp³-hybridized carbons (Fsp3) is 0.667. The summed E-state index contributed by atoms with van der Waals surface area (Å²) in [5.74, 6) is 0. The van der Waals surface area contributed by atoms with E-state index >= 15 is 0 Å². The average Bonchev–Trinajstić information content (AvgIpc) is 2.72. The second-order valence-electron chi connectivity index (χ2n) is 4.34. The summed E-state index contributed by atoms with van der Waals surface area (Å²) in [7, 11) is 0. The van der Waals surface area contributed by atoms with Crippen LogP contribution in [0.2, 0.25) is 0 Å². The van der Waals surface area contributed by atoms with E-state index in [1.54, 1.807) is 0 Å². The maximum atomic E-state index is 6.03. The van der Waals surface area contributed by atoms with Gasteiger partial charge in [-0.15, -0.1) is 11.3 Å². The number of rotatable bonds is 3. The molecule has 84 valence electrons. The molecule has 2 heterocycles. The molecule has 2 unspecified atom stereocenters. The number of piperidine rings is 1. The predicted octanol–water partition coefficient (Wildman–Crippen LogP) is 2.62. The number of hydrogen-bond acceptors (Lipinski definition) is 3. The molecule has 1 fully saturated rings. The molecule has 0 aromatic carbocycles. The van der Waals surface area contributed by atoms with Crippen LogP contribution < -0.4 is 5.73 Å². The van der Waals surface area contributed by atoms with Crippen LogP contribution in [0.25, 0.3) is 0 Å². The summed E-state index contributed by atoms with van der Waals surface area (Å²) < 4.78 is 0. The second-order valence-corrected chi connectivity index (χ2v) is 5.32. The minimum absolute atomic E-state index is 0.382. The molecule has 0 spiro atoms. The zero-order valence-corrected chi connectivity index (χ0v) is 10.2. The molecule has 2 nitrogen and oxygen atoms in total. The van der Waals surface area contributed by atoms with Gasteiger partial charge in [0, 0.05) is 23.5 Å². The average molecular weight is 224 g/mol. The summed E-state index contributed by atoms with van der Waals surface area (Å²) in [6.07, 6.45) is 3.63. The van der Waals surface area contributed by atoms with E-state index in [1.165, 1.54) is 30.7 Å². The van der Waals surface area contributed by atoms with Gasteiger partial charge in [0.2, 0.25) is 0 Å². The van der Waals surface area contributed by atoms with Crippen LogP contribution in [0.1, 0.15) is 37.1 Å². The lowest BCUT2D eigenvalue weighted by molar-refractivity contribution is 0.148. The predicted molar refractivity (Wildman–Crippen MR) is 66.1 cm³/mol. The minimum atomic E-state index is 0.382. The molecule has 0 amide bonds. The Balaban J connectivity index is 2.06. The smallest absolute Gasteiger partial charge is 0.0439 e. The maximum absolute atomic E-state index is 6.03. The Morgan fingerprint density at radius 3 is 3.13 bits per heavy atom. The molecule has 0 bridgehead atoms. The Hall–Kier alpha value is -0.380. The third-order valence-electron chi connectivity index (χ3n) is 3.19. The van der Waals surface area contributed by atoms with Crippen molar-refractivity contribution in [1.29, 1.82) is 0 Å². The van der Waals surface area contributed by atoms with Crippen LogP contribution in [0, 0.1) is 0 Å². The molecule has 3 heteroatoms. The first-order valence-corrected chi connectivity index (χ1v) is 6.72. The fourth-order valence-electron chi connectivity index (χ4n) is 2.44. The van der Waals surface area contributed by atoms with Gasteiger partial charge >= 0.3 is 0 Å². The summed E-state index contributed by atoms with van der Waals surface area (Å²) >= 11 is 1.87. The Kier molecular flexibility index (Phi) is 3.78. The molecule has 1 aromatic rings. The van der Waals surface area contributed by atoms with Crippen LogP contribution in [-0.2, 0) is 0 Å². The van der Waals surface area contributed by atoms with Crippen molar-refractivity contribution in [3.05, 3.63) is 22.4 Å². The fourth-order valence-corrected chi connectivity index (χ4v) is 3.39. The highest BCUT2D eigenvalue weighted by Gasteiger charge is 2.24. The molecule has 1 aliphatic heterocycles. The molecule has 1 aromatic heterocycles. The van der Waals surface area contributed by atoms with Gasteiger partial charge in [-0.05, 0) is 37.3 Å². The molecule has 2 atom stereocenters. The van der Waals surface area contributed by atoms with Crippen LogP contribution in [0.5, 0.6) is 0 Å². The Morgan fingerprint density at radius 2 is 2.53 bits per heavy atom. The third-order valence-corrected chi connectivity index (χ3v) is 4.16. The van der Waals surface area contributed by atoms with Gasteiger partial charge in [0.05, 0.1) is 0 Å². The largest absolute Gasteiger partial charge is 0.327 e. The lowest BCUT2D eigenvalue weighted by Crippen LogP contribution is -2.44. The van der Waals surface area contributed by atoms with E-state index in [4.69, 9.17) is 5.73 Å². The van der Waals surface area contributed by atoms with Crippen molar-refractivity contribution in [1.82, 2.24) is 4.90 Å². The van der Waals surface area contributed by atoms with E-state index in [1.807, 2.05) is 11.3 Å². The first-order chi connectivity index (χ1) is 7.31. The van der Waals surface area contributed by atoms with Crippen LogP contribution in [0.3, 0.4) is 0 Å². The number of nitrogens with zero attached hydrogens (tertiary/aromatic N) is 1. The molecule has 2 rings (SSSR count). The Morgan fingerprint density at radius 1 is 1.67 bits per heavy atom. The first-order valence-electron chi connectivity index (χ1n) is 5.84. The van der Waals surface area contributed by atoms with E-state index in [9.17, 15) is 0 Å². The van der Waals surface area contributed by atoms with Crippen molar-refractivity contribution in [2.45, 2.75) is 38.3 Å². The van der Waals surface area contributed by atoms with E-state index < -0.39 is 0 Å². The van der Waals surface area contributed by atoms with E-state index in [0.29, 0.717) is 12.1 Å². The zero-order chi connectivity index (χ0) is 10.7. The topological polar surface area (TPSA) is 29.3 Å². The quantitative estimate of drug-likeness (QED) is 0.855. The molecule has 2 N–H and O–H groups in total. The second kappa shape index (κ2) is 5.10. The van der Waals surface area contributed by atoms with Gasteiger partial charge in [-0.2, -0.15) is 0 Å². The Labute approximate surface area is 96.1 Å². The summed E-state index contributed by atoms with van der Waals surface area (Å²) in [5, 5.41) is 2.17. The van der Waals surface area contributed by atoms with Crippen LogP contribution in [0.4, 0.5) is 0 Å². The highest BCUT2D eigenvalue weighted by molar-refractivity contribution is 7.10. The number of hydrogen-bond donors (Lipinski definition) is 1. The van der Waals surface area contributed by atoms with Crippen molar-refractivity contribution < 1.29 is 0 Å². The number of nitrogens with two attached hydrogens (primary N) is 1. The number of thiophene rings is 1. The lowest BCUT2D eigenvalue weighted by Gasteiger charge is -2.36. The van der Waals surface area contributed by atoms with Gasteiger partial charge in [-0.1, -0.05) is 13.0 Å². The van der Waals surface area contributed by atoms with Gasteiger partial charge in [0.1, 0.15) is 0 Å². The van der Waals surface area contributed by atoms with Gasteiger partial charge in [-0.25, -0.2) is 0 Å². The highest BCUT2D eigenvalue weighted by atomic mass is 32.1. The van der Waals surface area contributed by atoms with Crippen molar-refractivity contribution in [3.8, 4) is 0 Å². The first kappa shape index (κ1) is 11.1. The van der Waals surface area contributed by atoms with Crippen molar-refractivity contribution in [3.63, 3.8) is 0 Å². The van der Waals surface area contributed by atoms with Crippen LogP contribution in [-0.4, -0.2) is 24.0 Å². The zero-order valence-electron chi connectivity index (χ0n) is 9.36. The van der Waals surface area contributed by atoms with E-state index in [-0.39, 0.29) is 0 Å². The summed E-state index contributed by atoms with van der Waals surface area (Å²) in [6, 6.07) is 5.37. The molecular weight excluding hydrogens is 204 g/mol. The van der Waals surface area contributed by atoms with Gasteiger partial charge in [0.15, 0.2) is 0 Å². The monoisotopic (exact) mass is 224 g/mol. The van der Waals surface area contributed by atoms with Gasteiger partial charge < -0.3 is 5.73 Å². The SMILES string of the molecule is CCC(c1cccs1)N1CCCC(N)C1. The molecular formula is C12H20N2S. The van der Waals surface area contributed by atoms with E-state index in [0.717, 1.165) is 6.54 Å². The highest BCUT2D eigenvalue weighted by Crippen LogP contribution is 2.29. The molecule has 1 saturated heterocycles. The third kappa shape index (κ3) is 2.60. The molecule has 1 aliphatic rings. The maximum Gasteiger partial charge on any atom is 0.0439 e. The summed E-state index contributed by atoms with van der Waals surface area (Å²) in [5.41, 5.74) is 6.03. The van der Waals surface area contributed by atoms with Gasteiger partial charge in [-0.3, -0.25) is 4.90 Å². The van der Waals surface area contributed by atoms with Crippen molar-refractivity contribution >= 4 is 11.3 Å². The normalized spacial score (nSPS) is 25.3. The molecule has 0 radical (unpaired) electrons. The molecule has 0 aliphatic carbocycles. The Bertz CT molecular complexity index is 284. The van der Waals surface area contributed by atoms with Gasteiger partial charge in [0.25, 0.3) is 0 Å². The lowest BCUT2D eigenvalue weighted by atomic mass is 10.0. The molecule has 0 saturated carbocycles. The minimum Gasteiger partial charge on any atom is -0.327 e. The van der Waals surface area contributed by atoms with Crippen LogP contribution >= 0.6 is 11.3 Å². The standard InChI is InChI=1S/C12H20N2S/c1-2-11(12-6-4-8-15-12)14-7-3-5-10(13)9-14/h4,6,8,10-11H,2-3,5,7,9,13H2,1H3. The van der Waals surface area contributed by atoms with Crippen molar-refractivity contribution in [2.75, 3.05) is 13.1 Å². The molecule has 15 heavy (non-hydrogen) atoms.